The number of urea groups is 1. The van der Waals surface area contributed by atoms with Crippen molar-refractivity contribution < 1.29 is 14.3 Å². The van der Waals surface area contributed by atoms with Gasteiger partial charge < -0.3 is 20.2 Å². The zero-order chi connectivity index (χ0) is 14.3. The molecule has 108 valence electrons. The number of anilines is 1. The number of hydrogen-bond acceptors (Lipinski definition) is 3. The largest absolute Gasteiger partial charge is 0.389 e. The fourth-order valence-corrected chi connectivity index (χ4v) is 2.86. The summed E-state index contributed by atoms with van der Waals surface area (Å²) >= 11 is 0. The smallest absolute Gasteiger partial charge is 0.317 e. The zero-order valence-corrected chi connectivity index (χ0v) is 11.3. The quantitative estimate of drug-likeness (QED) is 0.852. The van der Waals surface area contributed by atoms with Crippen LogP contribution in [0.15, 0.2) is 18.2 Å². The number of aliphatic hydroxyl groups excluding tert-OH is 1. The highest BCUT2D eigenvalue weighted by Gasteiger charge is 2.35. The standard InChI is InChI=1S/C14H18FN3O2/c1-9(19)10-2-3-13(12(15)6-10)17-4-5-18-11(8-17)7-16-14(18)20/h2-3,6,9,11,19H,4-5,7-8H2,1H3,(H,16,20)/t9-,11?/m0/s1. The molecule has 1 unspecified atom stereocenters. The number of nitrogens with one attached hydrogen (secondary N) is 1. The maximum absolute atomic E-state index is 14.2. The number of carbonyl (C=O) groups is 1. The van der Waals surface area contributed by atoms with Gasteiger partial charge in [-0.05, 0) is 24.6 Å². The number of nitrogens with zero attached hydrogens (tertiary/aromatic N) is 2. The van der Waals surface area contributed by atoms with Crippen molar-refractivity contribution in [1.29, 1.82) is 0 Å². The highest BCUT2D eigenvalue weighted by molar-refractivity contribution is 5.77. The first kappa shape index (κ1) is 13.2. The van der Waals surface area contributed by atoms with Gasteiger partial charge in [-0.2, -0.15) is 0 Å². The second-order valence-corrected chi connectivity index (χ2v) is 5.37. The Hall–Kier alpha value is -1.82. The second-order valence-electron chi connectivity index (χ2n) is 5.37. The molecule has 0 bridgehead atoms. The maximum atomic E-state index is 14.2. The van der Waals surface area contributed by atoms with Crippen LogP contribution in [0.4, 0.5) is 14.9 Å². The summed E-state index contributed by atoms with van der Waals surface area (Å²) in [6.45, 7) is 4.08. The summed E-state index contributed by atoms with van der Waals surface area (Å²) in [4.78, 5) is 15.3. The van der Waals surface area contributed by atoms with Crippen LogP contribution in [0.25, 0.3) is 0 Å². The van der Waals surface area contributed by atoms with E-state index in [1.165, 1.54) is 6.07 Å². The van der Waals surface area contributed by atoms with E-state index in [2.05, 4.69) is 5.32 Å². The molecule has 2 N–H and O–H groups in total. The van der Waals surface area contributed by atoms with E-state index < -0.39 is 6.10 Å². The summed E-state index contributed by atoms with van der Waals surface area (Å²) in [5, 5.41) is 12.3. The van der Waals surface area contributed by atoms with Crippen LogP contribution in [0.5, 0.6) is 0 Å². The fourth-order valence-electron chi connectivity index (χ4n) is 2.86. The van der Waals surface area contributed by atoms with Gasteiger partial charge in [-0.1, -0.05) is 6.07 Å². The summed E-state index contributed by atoms with van der Waals surface area (Å²) in [5.41, 5.74) is 1.11. The van der Waals surface area contributed by atoms with Crippen molar-refractivity contribution in [2.24, 2.45) is 0 Å². The lowest BCUT2D eigenvalue weighted by Gasteiger charge is -2.38. The fraction of sp³-hybridized carbons (Fsp3) is 0.500. The average Bonchev–Trinajstić information content (AvgIpc) is 2.79. The Morgan fingerprint density at radius 1 is 1.45 bits per heavy atom. The minimum absolute atomic E-state index is 0.0282. The number of rotatable bonds is 2. The summed E-state index contributed by atoms with van der Waals surface area (Å²) in [5.74, 6) is -0.325. The predicted octanol–water partition coefficient (Wildman–Crippen LogP) is 1.09. The lowest BCUT2D eigenvalue weighted by atomic mass is 10.1. The molecule has 2 saturated heterocycles. The van der Waals surface area contributed by atoms with Crippen LogP contribution in [0.3, 0.4) is 0 Å². The van der Waals surface area contributed by atoms with Gasteiger partial charge in [0.15, 0.2) is 0 Å². The van der Waals surface area contributed by atoms with Crippen molar-refractivity contribution in [3.8, 4) is 0 Å². The number of carbonyl (C=O) groups excluding carboxylic acids is 1. The first-order valence-electron chi connectivity index (χ1n) is 6.83. The molecule has 0 radical (unpaired) electrons. The van der Waals surface area contributed by atoms with Gasteiger partial charge >= 0.3 is 6.03 Å². The van der Waals surface area contributed by atoms with Crippen LogP contribution in [-0.2, 0) is 0 Å². The number of fused-ring (bicyclic) bond motifs is 1. The molecule has 20 heavy (non-hydrogen) atoms. The molecular weight excluding hydrogens is 261 g/mol. The van der Waals surface area contributed by atoms with Gasteiger partial charge in [0.1, 0.15) is 5.82 Å². The van der Waals surface area contributed by atoms with Crippen molar-refractivity contribution >= 4 is 11.7 Å². The predicted molar refractivity (Wildman–Crippen MR) is 73.1 cm³/mol. The van der Waals surface area contributed by atoms with Crippen molar-refractivity contribution in [2.75, 3.05) is 31.1 Å². The summed E-state index contributed by atoms with van der Waals surface area (Å²) in [6.07, 6.45) is -0.674. The Labute approximate surface area is 117 Å². The molecule has 1 aromatic carbocycles. The van der Waals surface area contributed by atoms with Crippen LogP contribution in [0, 0.1) is 5.82 Å². The van der Waals surface area contributed by atoms with Gasteiger partial charge in [0.25, 0.3) is 0 Å². The lowest BCUT2D eigenvalue weighted by Crippen LogP contribution is -2.52. The van der Waals surface area contributed by atoms with Crippen LogP contribution in [-0.4, -0.2) is 48.3 Å². The number of halogens is 1. The molecule has 2 aliphatic rings. The van der Waals surface area contributed by atoms with Crippen LogP contribution in [0.1, 0.15) is 18.6 Å². The topological polar surface area (TPSA) is 55.8 Å². The molecule has 6 heteroatoms. The number of benzene rings is 1. The molecule has 1 aromatic rings. The number of amides is 2. The molecule has 0 spiro atoms. The molecule has 2 aliphatic heterocycles. The highest BCUT2D eigenvalue weighted by atomic mass is 19.1. The molecule has 0 aliphatic carbocycles. The van der Waals surface area contributed by atoms with E-state index in [4.69, 9.17) is 0 Å². The lowest BCUT2D eigenvalue weighted by molar-refractivity contribution is 0.196. The summed E-state index contributed by atoms with van der Waals surface area (Å²) in [6, 6.07) is 4.90. The van der Waals surface area contributed by atoms with Gasteiger partial charge in [-0.3, -0.25) is 0 Å². The molecule has 5 nitrogen and oxygen atoms in total. The van der Waals surface area contributed by atoms with Gasteiger partial charge in [0.05, 0.1) is 17.8 Å². The highest BCUT2D eigenvalue weighted by Crippen LogP contribution is 2.26. The van der Waals surface area contributed by atoms with E-state index in [1.54, 1.807) is 24.0 Å². The van der Waals surface area contributed by atoms with Crippen molar-refractivity contribution in [3.05, 3.63) is 29.6 Å². The van der Waals surface area contributed by atoms with E-state index in [-0.39, 0.29) is 17.9 Å². The van der Waals surface area contributed by atoms with E-state index in [0.717, 1.165) is 0 Å². The number of piperazine rings is 1. The van der Waals surface area contributed by atoms with Gasteiger partial charge in [-0.25, -0.2) is 9.18 Å². The molecule has 2 fully saturated rings. The monoisotopic (exact) mass is 279 g/mol. The second kappa shape index (κ2) is 4.94. The third-order valence-corrected chi connectivity index (χ3v) is 4.03. The molecule has 0 aromatic heterocycles. The minimum Gasteiger partial charge on any atom is -0.389 e. The molecule has 2 atom stereocenters. The Balaban J connectivity index is 1.79. The van der Waals surface area contributed by atoms with Crippen molar-refractivity contribution in [1.82, 2.24) is 10.2 Å². The molecular formula is C14H18FN3O2. The SMILES string of the molecule is C[C@H](O)c1ccc(N2CCN3C(=O)NCC3C2)c(F)c1. The third-order valence-electron chi connectivity index (χ3n) is 4.03. The normalized spacial score (nSPS) is 23.6. The molecule has 0 saturated carbocycles. The van der Waals surface area contributed by atoms with Crippen LogP contribution >= 0.6 is 0 Å². The van der Waals surface area contributed by atoms with Crippen molar-refractivity contribution in [2.45, 2.75) is 19.1 Å². The zero-order valence-electron chi connectivity index (χ0n) is 11.3. The molecule has 2 amide bonds. The van der Waals surface area contributed by atoms with E-state index in [1.807, 2.05) is 4.90 Å². The van der Waals surface area contributed by atoms with Gasteiger partial charge in [0.2, 0.25) is 0 Å². The Morgan fingerprint density at radius 2 is 2.25 bits per heavy atom. The van der Waals surface area contributed by atoms with Gasteiger partial charge in [0, 0.05) is 26.2 Å². The number of hydrogen-bond donors (Lipinski definition) is 2. The first-order chi connectivity index (χ1) is 9.56. The van der Waals surface area contributed by atoms with Gasteiger partial charge in [-0.15, -0.1) is 0 Å². The molecule has 3 rings (SSSR count). The minimum atomic E-state index is -0.674. The van der Waals surface area contributed by atoms with Crippen LogP contribution in [0.2, 0.25) is 0 Å². The first-order valence-corrected chi connectivity index (χ1v) is 6.83. The van der Waals surface area contributed by atoms with Crippen molar-refractivity contribution in [3.63, 3.8) is 0 Å². The van der Waals surface area contributed by atoms with E-state index in [9.17, 15) is 14.3 Å². The summed E-state index contributed by atoms with van der Waals surface area (Å²) < 4.78 is 14.2. The third kappa shape index (κ3) is 2.20. The average molecular weight is 279 g/mol. The maximum Gasteiger partial charge on any atom is 0.317 e. The van der Waals surface area contributed by atoms with E-state index >= 15 is 0 Å². The van der Waals surface area contributed by atoms with Crippen LogP contribution < -0.4 is 10.2 Å². The number of aliphatic hydroxyl groups is 1. The molecule has 2 heterocycles. The Kier molecular flexibility index (Phi) is 3.25. The Bertz CT molecular complexity index is 535. The van der Waals surface area contributed by atoms with E-state index in [0.29, 0.717) is 37.4 Å². The summed E-state index contributed by atoms with van der Waals surface area (Å²) in [7, 11) is 0. The Morgan fingerprint density at radius 3 is 2.95 bits per heavy atom.